The van der Waals surface area contributed by atoms with Crippen LogP contribution in [0.25, 0.3) is 0 Å². The molecule has 1 saturated heterocycles. The molecule has 0 spiro atoms. The summed E-state index contributed by atoms with van der Waals surface area (Å²) in [5.41, 5.74) is 0.815. The molecule has 1 amide bonds. The van der Waals surface area contributed by atoms with Gasteiger partial charge in [0.25, 0.3) is 0 Å². The maximum atomic E-state index is 13.3. The molecule has 0 radical (unpaired) electrons. The number of rotatable bonds is 7. The zero-order valence-corrected chi connectivity index (χ0v) is 18.4. The summed E-state index contributed by atoms with van der Waals surface area (Å²) in [5, 5.41) is 11.9. The van der Waals surface area contributed by atoms with Crippen LogP contribution in [0.2, 0.25) is 0 Å². The van der Waals surface area contributed by atoms with Gasteiger partial charge in [0.1, 0.15) is 6.04 Å². The van der Waals surface area contributed by atoms with E-state index in [1.165, 1.54) is 6.07 Å². The SMILES string of the molecule is CC1(C)OB(c2ccc(C[C@@H](NC(=O)Cc3ccc(F)c(F)c3)C(=O)O)cc2)OC1(C)C. The van der Waals surface area contributed by atoms with Crippen molar-refractivity contribution >= 4 is 24.5 Å². The number of hydrogen-bond donors (Lipinski definition) is 2. The largest absolute Gasteiger partial charge is 0.494 e. The van der Waals surface area contributed by atoms with Gasteiger partial charge < -0.3 is 19.7 Å². The summed E-state index contributed by atoms with van der Waals surface area (Å²) in [5.74, 6) is -3.87. The summed E-state index contributed by atoms with van der Waals surface area (Å²) < 4.78 is 38.4. The predicted octanol–water partition coefficient (Wildman–Crippen LogP) is 2.62. The lowest BCUT2D eigenvalue weighted by Gasteiger charge is -2.32. The van der Waals surface area contributed by atoms with Gasteiger partial charge in [-0.15, -0.1) is 0 Å². The highest BCUT2D eigenvalue weighted by molar-refractivity contribution is 6.62. The number of amides is 1. The Hall–Kier alpha value is -2.78. The first-order valence-corrected chi connectivity index (χ1v) is 10.3. The van der Waals surface area contributed by atoms with Crippen molar-refractivity contribution in [3.63, 3.8) is 0 Å². The van der Waals surface area contributed by atoms with Crippen LogP contribution in [0.5, 0.6) is 0 Å². The number of carbonyl (C=O) groups excluding carboxylic acids is 1. The average molecular weight is 445 g/mol. The maximum Gasteiger partial charge on any atom is 0.494 e. The van der Waals surface area contributed by atoms with Gasteiger partial charge in [-0.05, 0) is 56.4 Å². The summed E-state index contributed by atoms with van der Waals surface area (Å²) in [6.07, 6.45) is -0.204. The summed E-state index contributed by atoms with van der Waals surface area (Å²) in [7, 11) is -0.528. The smallest absolute Gasteiger partial charge is 0.480 e. The van der Waals surface area contributed by atoms with Crippen LogP contribution in [0.1, 0.15) is 38.8 Å². The Labute approximate surface area is 186 Å². The second-order valence-electron chi connectivity index (χ2n) is 8.92. The normalized spacial score (nSPS) is 17.8. The Morgan fingerprint density at radius 2 is 1.53 bits per heavy atom. The number of carbonyl (C=O) groups is 2. The fourth-order valence-corrected chi connectivity index (χ4v) is 3.31. The average Bonchev–Trinajstić information content (AvgIpc) is 2.92. The number of halogens is 2. The van der Waals surface area contributed by atoms with Gasteiger partial charge >= 0.3 is 13.1 Å². The molecule has 1 aliphatic heterocycles. The van der Waals surface area contributed by atoms with Gasteiger partial charge in [-0.2, -0.15) is 0 Å². The molecule has 2 N–H and O–H groups in total. The molecule has 1 atom stereocenters. The minimum Gasteiger partial charge on any atom is -0.480 e. The van der Waals surface area contributed by atoms with Crippen LogP contribution in [-0.4, -0.2) is 41.3 Å². The van der Waals surface area contributed by atoms with Crippen LogP contribution in [0, 0.1) is 11.6 Å². The Kier molecular flexibility index (Phi) is 6.71. The van der Waals surface area contributed by atoms with E-state index in [-0.39, 0.29) is 18.4 Å². The fourth-order valence-electron chi connectivity index (χ4n) is 3.31. The van der Waals surface area contributed by atoms with Crippen molar-refractivity contribution in [2.24, 2.45) is 0 Å². The van der Waals surface area contributed by atoms with Crippen LogP contribution in [-0.2, 0) is 31.7 Å². The summed E-state index contributed by atoms with van der Waals surface area (Å²) in [6, 6.07) is 9.08. The molecule has 2 aromatic carbocycles. The van der Waals surface area contributed by atoms with Gasteiger partial charge in [0.2, 0.25) is 5.91 Å². The second-order valence-corrected chi connectivity index (χ2v) is 8.92. The maximum absolute atomic E-state index is 13.3. The van der Waals surface area contributed by atoms with Gasteiger partial charge in [0.05, 0.1) is 17.6 Å². The van der Waals surface area contributed by atoms with E-state index in [0.29, 0.717) is 5.56 Å². The lowest BCUT2D eigenvalue weighted by atomic mass is 9.78. The highest BCUT2D eigenvalue weighted by Gasteiger charge is 2.51. The van der Waals surface area contributed by atoms with Gasteiger partial charge in [0, 0.05) is 6.42 Å². The zero-order chi connectivity index (χ0) is 23.7. The lowest BCUT2D eigenvalue weighted by molar-refractivity contribution is -0.141. The summed E-state index contributed by atoms with van der Waals surface area (Å²) in [6.45, 7) is 7.84. The van der Waals surface area contributed by atoms with Crippen molar-refractivity contribution < 1.29 is 32.8 Å². The van der Waals surface area contributed by atoms with Gasteiger partial charge in [0.15, 0.2) is 11.6 Å². The number of carboxylic acids is 1. The minimum absolute atomic E-state index is 0.0580. The zero-order valence-electron chi connectivity index (χ0n) is 18.4. The van der Waals surface area contributed by atoms with E-state index in [1.54, 1.807) is 24.3 Å². The fraction of sp³-hybridized carbons (Fsp3) is 0.391. The highest BCUT2D eigenvalue weighted by Crippen LogP contribution is 2.36. The third-order valence-corrected chi connectivity index (χ3v) is 5.93. The van der Waals surface area contributed by atoms with Crippen LogP contribution < -0.4 is 10.8 Å². The highest BCUT2D eigenvalue weighted by atomic mass is 19.2. The third kappa shape index (κ3) is 5.34. The number of carboxylic acid groups (broad SMARTS) is 1. The van der Waals surface area contributed by atoms with Gasteiger partial charge in [-0.3, -0.25) is 4.79 Å². The predicted molar refractivity (Wildman–Crippen MR) is 115 cm³/mol. The van der Waals surface area contributed by atoms with E-state index in [1.807, 2.05) is 27.7 Å². The minimum atomic E-state index is -1.20. The molecule has 0 saturated carbocycles. The summed E-state index contributed by atoms with van der Waals surface area (Å²) in [4.78, 5) is 23.9. The van der Waals surface area contributed by atoms with Crippen LogP contribution >= 0.6 is 0 Å². The third-order valence-electron chi connectivity index (χ3n) is 5.93. The first kappa shape index (κ1) is 23.9. The molecule has 1 heterocycles. The molecule has 6 nitrogen and oxygen atoms in total. The van der Waals surface area contributed by atoms with E-state index in [9.17, 15) is 23.5 Å². The van der Waals surface area contributed by atoms with E-state index in [4.69, 9.17) is 9.31 Å². The number of hydrogen-bond acceptors (Lipinski definition) is 4. The van der Waals surface area contributed by atoms with Gasteiger partial charge in [-0.25, -0.2) is 13.6 Å². The monoisotopic (exact) mass is 445 g/mol. The topological polar surface area (TPSA) is 84.9 Å². The molecule has 170 valence electrons. The molecule has 0 aliphatic carbocycles. The van der Waals surface area contributed by atoms with Crippen molar-refractivity contribution in [3.8, 4) is 0 Å². The van der Waals surface area contributed by atoms with Crippen LogP contribution in [0.4, 0.5) is 8.78 Å². The van der Waals surface area contributed by atoms with E-state index >= 15 is 0 Å². The molecule has 32 heavy (non-hydrogen) atoms. The lowest BCUT2D eigenvalue weighted by Crippen LogP contribution is -2.43. The number of aliphatic carboxylic acids is 1. The van der Waals surface area contributed by atoms with E-state index in [0.717, 1.165) is 17.6 Å². The Morgan fingerprint density at radius 1 is 0.969 bits per heavy atom. The molecule has 1 aliphatic rings. The molecular weight excluding hydrogens is 419 g/mol. The van der Waals surface area contributed by atoms with Crippen LogP contribution in [0.15, 0.2) is 42.5 Å². The molecule has 0 aromatic heterocycles. The quantitative estimate of drug-likeness (QED) is 0.641. The molecular formula is C23H26BF2NO5. The van der Waals surface area contributed by atoms with Crippen LogP contribution in [0.3, 0.4) is 0 Å². The standard InChI is InChI=1S/C23H26BF2NO5/c1-22(2)23(3,4)32-24(31-22)16-8-5-14(6-9-16)12-19(21(29)30)27-20(28)13-15-7-10-17(25)18(26)11-15/h5-11,19H,12-13H2,1-4H3,(H,27,28)(H,29,30)/t19-/m1/s1. The first-order chi connectivity index (χ1) is 14.9. The molecule has 2 aromatic rings. The molecule has 1 fully saturated rings. The van der Waals surface area contributed by atoms with Crippen molar-refractivity contribution in [1.82, 2.24) is 5.32 Å². The van der Waals surface area contributed by atoms with E-state index in [2.05, 4.69) is 5.32 Å². The number of nitrogens with one attached hydrogen (secondary N) is 1. The Morgan fingerprint density at radius 3 is 2.06 bits per heavy atom. The van der Waals surface area contributed by atoms with Crippen molar-refractivity contribution in [2.75, 3.05) is 0 Å². The first-order valence-electron chi connectivity index (χ1n) is 10.3. The molecule has 9 heteroatoms. The Bertz CT molecular complexity index is 994. The molecule has 0 unspecified atom stereocenters. The van der Waals surface area contributed by atoms with Crippen molar-refractivity contribution in [3.05, 3.63) is 65.2 Å². The summed E-state index contributed by atoms with van der Waals surface area (Å²) >= 11 is 0. The second kappa shape index (κ2) is 9.00. The van der Waals surface area contributed by atoms with Crippen molar-refractivity contribution in [1.29, 1.82) is 0 Å². The number of benzene rings is 2. The van der Waals surface area contributed by atoms with E-state index < -0.39 is 47.9 Å². The molecule has 3 rings (SSSR count). The molecule has 0 bridgehead atoms. The van der Waals surface area contributed by atoms with Crippen molar-refractivity contribution in [2.45, 2.75) is 57.8 Å². The van der Waals surface area contributed by atoms with Gasteiger partial charge in [-0.1, -0.05) is 30.3 Å². The Balaban J connectivity index is 1.63.